The molecule has 0 saturated carbocycles. The quantitative estimate of drug-likeness (QED) is 0.616. The number of aromatic nitrogens is 2. The zero-order valence-electron chi connectivity index (χ0n) is 18.7. The summed E-state index contributed by atoms with van der Waals surface area (Å²) >= 11 is 0. The van der Waals surface area contributed by atoms with Crippen LogP contribution in [0, 0.1) is 12.3 Å². The maximum absolute atomic E-state index is 13.4. The molecular formula is C25H28N4O3. The predicted octanol–water partition coefficient (Wildman–Crippen LogP) is 3.60. The number of hydrogen-bond acceptors (Lipinski definition) is 5. The van der Waals surface area contributed by atoms with Gasteiger partial charge in [-0.05, 0) is 31.9 Å². The number of aryl methyl sites for hydroxylation is 1. The second-order valence-electron chi connectivity index (χ2n) is 8.77. The normalized spacial score (nSPS) is 18.4. The first kappa shape index (κ1) is 21.7. The van der Waals surface area contributed by atoms with Crippen LogP contribution in [0.1, 0.15) is 34.5 Å². The van der Waals surface area contributed by atoms with Crippen molar-refractivity contribution in [1.82, 2.24) is 19.9 Å². The smallest absolute Gasteiger partial charge is 0.253 e. The van der Waals surface area contributed by atoms with Gasteiger partial charge in [-0.15, -0.1) is 0 Å². The molecule has 1 aliphatic rings. The van der Waals surface area contributed by atoms with Crippen molar-refractivity contribution >= 4 is 11.8 Å². The Hall–Kier alpha value is -3.48. The highest BCUT2D eigenvalue weighted by Gasteiger charge is 2.45. The van der Waals surface area contributed by atoms with E-state index in [4.69, 9.17) is 4.52 Å². The number of nitrogens with zero attached hydrogens (tertiary/aromatic N) is 4. The van der Waals surface area contributed by atoms with E-state index in [1.807, 2.05) is 37.3 Å². The first-order valence-corrected chi connectivity index (χ1v) is 10.8. The zero-order chi connectivity index (χ0) is 22.7. The van der Waals surface area contributed by atoms with E-state index in [1.165, 1.54) is 5.56 Å². The van der Waals surface area contributed by atoms with Gasteiger partial charge in [-0.1, -0.05) is 35.0 Å². The Balaban J connectivity index is 1.60. The van der Waals surface area contributed by atoms with Gasteiger partial charge in [0.15, 0.2) is 0 Å². The third kappa shape index (κ3) is 4.42. The standard InChI is InChI=1S/C25H28N4O3/c1-18-5-7-19(8-6-18)22-15-21(32-27-22)16-25(24(31)28(2)3)11-4-14-29(17-25)23(30)20-9-12-26-13-10-20/h5-10,12-13,15H,4,11,14,16-17H2,1-3H3. The first-order valence-electron chi connectivity index (χ1n) is 10.8. The van der Waals surface area contributed by atoms with E-state index in [1.54, 1.807) is 48.4 Å². The number of pyridine rings is 1. The molecule has 2 aromatic heterocycles. The number of benzene rings is 1. The van der Waals surface area contributed by atoms with Crippen LogP contribution in [0.15, 0.2) is 59.4 Å². The number of carbonyl (C=O) groups is 2. The average Bonchev–Trinajstić information content (AvgIpc) is 3.27. The van der Waals surface area contributed by atoms with Gasteiger partial charge in [-0.3, -0.25) is 14.6 Å². The van der Waals surface area contributed by atoms with Crippen LogP contribution < -0.4 is 0 Å². The summed E-state index contributed by atoms with van der Waals surface area (Å²) in [7, 11) is 3.51. The molecule has 0 bridgehead atoms. The highest BCUT2D eigenvalue weighted by atomic mass is 16.5. The number of likely N-dealkylation sites (tertiary alicyclic amines) is 1. The Morgan fingerprint density at radius 1 is 1.12 bits per heavy atom. The summed E-state index contributed by atoms with van der Waals surface area (Å²) < 4.78 is 5.65. The molecular weight excluding hydrogens is 404 g/mol. The molecule has 1 saturated heterocycles. The topological polar surface area (TPSA) is 79.5 Å². The minimum absolute atomic E-state index is 0.00184. The molecule has 7 heteroatoms. The minimum atomic E-state index is -0.755. The molecule has 32 heavy (non-hydrogen) atoms. The van der Waals surface area contributed by atoms with Crippen LogP contribution >= 0.6 is 0 Å². The molecule has 2 amide bonds. The van der Waals surface area contributed by atoms with E-state index >= 15 is 0 Å². The summed E-state index contributed by atoms with van der Waals surface area (Å²) in [6.07, 6.45) is 5.04. The molecule has 0 radical (unpaired) electrons. The lowest BCUT2D eigenvalue weighted by molar-refractivity contribution is -0.142. The van der Waals surface area contributed by atoms with Crippen molar-refractivity contribution in [1.29, 1.82) is 0 Å². The van der Waals surface area contributed by atoms with Crippen LogP contribution in [0.4, 0.5) is 0 Å². The van der Waals surface area contributed by atoms with Gasteiger partial charge in [0.25, 0.3) is 5.91 Å². The number of rotatable bonds is 5. The largest absolute Gasteiger partial charge is 0.361 e. The third-order valence-corrected chi connectivity index (χ3v) is 6.07. The molecule has 7 nitrogen and oxygen atoms in total. The average molecular weight is 433 g/mol. The zero-order valence-corrected chi connectivity index (χ0v) is 18.7. The van der Waals surface area contributed by atoms with E-state index < -0.39 is 5.41 Å². The fourth-order valence-corrected chi connectivity index (χ4v) is 4.44. The van der Waals surface area contributed by atoms with E-state index in [-0.39, 0.29) is 11.8 Å². The van der Waals surface area contributed by atoms with Crippen LogP contribution in [0.2, 0.25) is 0 Å². The van der Waals surface area contributed by atoms with Gasteiger partial charge >= 0.3 is 0 Å². The van der Waals surface area contributed by atoms with Crippen molar-refractivity contribution in [2.24, 2.45) is 5.41 Å². The van der Waals surface area contributed by atoms with Gasteiger partial charge in [-0.2, -0.15) is 0 Å². The summed E-state index contributed by atoms with van der Waals surface area (Å²) in [5, 5.41) is 4.23. The minimum Gasteiger partial charge on any atom is -0.361 e. The van der Waals surface area contributed by atoms with E-state index in [0.717, 1.165) is 17.7 Å². The Kier molecular flexibility index (Phi) is 6.08. The van der Waals surface area contributed by atoms with E-state index in [2.05, 4.69) is 10.1 Å². The van der Waals surface area contributed by atoms with Crippen molar-refractivity contribution in [3.63, 3.8) is 0 Å². The van der Waals surface area contributed by atoms with Crippen LogP contribution in [0.5, 0.6) is 0 Å². The molecule has 3 aromatic rings. The molecule has 0 N–H and O–H groups in total. The van der Waals surface area contributed by atoms with Crippen molar-refractivity contribution in [3.05, 3.63) is 71.7 Å². The van der Waals surface area contributed by atoms with Gasteiger partial charge in [0.2, 0.25) is 5.91 Å². The number of hydrogen-bond donors (Lipinski definition) is 0. The van der Waals surface area contributed by atoms with Crippen LogP contribution in [-0.4, -0.2) is 58.9 Å². The van der Waals surface area contributed by atoms with Gasteiger partial charge in [0.1, 0.15) is 11.5 Å². The molecule has 3 heterocycles. The molecule has 1 aromatic carbocycles. The summed E-state index contributed by atoms with van der Waals surface area (Å²) in [4.78, 5) is 33.8. The second kappa shape index (κ2) is 8.94. The van der Waals surface area contributed by atoms with Gasteiger partial charge in [0, 0.05) is 63.2 Å². The lowest BCUT2D eigenvalue weighted by Crippen LogP contribution is -2.54. The molecule has 0 spiro atoms. The Morgan fingerprint density at radius 2 is 1.84 bits per heavy atom. The van der Waals surface area contributed by atoms with Crippen LogP contribution in [-0.2, 0) is 11.2 Å². The summed E-state index contributed by atoms with van der Waals surface area (Å²) in [6.45, 7) is 3.00. The van der Waals surface area contributed by atoms with Crippen molar-refractivity contribution in [3.8, 4) is 11.3 Å². The van der Waals surface area contributed by atoms with Gasteiger partial charge in [0.05, 0.1) is 5.41 Å². The maximum atomic E-state index is 13.4. The molecule has 4 rings (SSSR count). The number of piperidine rings is 1. The third-order valence-electron chi connectivity index (χ3n) is 6.07. The molecule has 0 aliphatic carbocycles. The SMILES string of the molecule is Cc1ccc(-c2cc(CC3(C(=O)N(C)C)CCCN(C(=O)c4ccncc4)C3)on2)cc1. The predicted molar refractivity (Wildman–Crippen MR) is 121 cm³/mol. The summed E-state index contributed by atoms with van der Waals surface area (Å²) in [5.74, 6) is 0.563. The summed E-state index contributed by atoms with van der Waals surface area (Å²) in [5.41, 5.74) is 2.71. The van der Waals surface area contributed by atoms with Crippen LogP contribution in [0.25, 0.3) is 11.3 Å². The van der Waals surface area contributed by atoms with Crippen molar-refractivity contribution in [2.75, 3.05) is 27.2 Å². The lowest BCUT2D eigenvalue weighted by Gasteiger charge is -2.42. The van der Waals surface area contributed by atoms with Gasteiger partial charge < -0.3 is 14.3 Å². The van der Waals surface area contributed by atoms with Crippen molar-refractivity contribution < 1.29 is 14.1 Å². The molecule has 1 aliphatic heterocycles. The molecule has 1 unspecified atom stereocenters. The Morgan fingerprint density at radius 3 is 2.53 bits per heavy atom. The van der Waals surface area contributed by atoms with E-state index in [9.17, 15) is 9.59 Å². The van der Waals surface area contributed by atoms with Crippen molar-refractivity contribution in [2.45, 2.75) is 26.2 Å². The highest BCUT2D eigenvalue weighted by molar-refractivity contribution is 5.95. The first-order chi connectivity index (χ1) is 15.4. The lowest BCUT2D eigenvalue weighted by atomic mass is 9.75. The monoisotopic (exact) mass is 432 g/mol. The molecule has 1 fully saturated rings. The molecule has 1 atom stereocenters. The van der Waals surface area contributed by atoms with E-state index in [0.29, 0.717) is 37.3 Å². The number of amides is 2. The number of carbonyl (C=O) groups excluding carboxylic acids is 2. The summed E-state index contributed by atoms with van der Waals surface area (Å²) in [6, 6.07) is 13.4. The fourth-order valence-electron chi connectivity index (χ4n) is 4.44. The molecule has 166 valence electrons. The van der Waals surface area contributed by atoms with Crippen LogP contribution in [0.3, 0.4) is 0 Å². The maximum Gasteiger partial charge on any atom is 0.253 e. The van der Waals surface area contributed by atoms with Gasteiger partial charge in [-0.25, -0.2) is 0 Å². The Bertz CT molecular complexity index is 1090. The fraction of sp³-hybridized carbons (Fsp3) is 0.360. The highest BCUT2D eigenvalue weighted by Crippen LogP contribution is 2.37. The Labute approximate surface area is 188 Å². The second-order valence-corrected chi connectivity index (χ2v) is 8.77.